The maximum Gasteiger partial charge on any atom is 0.247 e. The first-order valence-corrected chi connectivity index (χ1v) is 16.0. The zero-order valence-electron chi connectivity index (χ0n) is 26.8. The van der Waals surface area contributed by atoms with Crippen LogP contribution >= 0.6 is 0 Å². The molecule has 0 aromatic heterocycles. The van der Waals surface area contributed by atoms with Gasteiger partial charge in [-0.05, 0) is 97.9 Å². The minimum atomic E-state index is -0.235. The third-order valence-electron chi connectivity index (χ3n) is 8.58. The fraction of sp³-hybridized carbons (Fsp3) is 0.0455. The summed E-state index contributed by atoms with van der Waals surface area (Å²) >= 11 is 0. The maximum absolute atomic E-state index is 11.7. The highest BCUT2D eigenvalue weighted by Crippen LogP contribution is 2.47. The van der Waals surface area contributed by atoms with Crippen LogP contribution in [0.2, 0.25) is 0 Å². The SMILES string of the molecule is C=CC(=O)Cc1ccc(/C=C\c2ccc3c4c(ccc3c2)OCOc2ccc3cc(/C=C\c5ccc(NC(=O)C=C)cc5)ccc3c2-4)cc1. The van der Waals surface area contributed by atoms with Crippen molar-refractivity contribution >= 4 is 63.2 Å². The minimum Gasteiger partial charge on any atom is -0.457 e. The summed E-state index contributed by atoms with van der Waals surface area (Å²) in [6, 6.07) is 36.8. The highest BCUT2D eigenvalue weighted by Gasteiger charge is 2.22. The summed E-state index contributed by atoms with van der Waals surface area (Å²) in [6.07, 6.45) is 11.3. The topological polar surface area (TPSA) is 64.6 Å². The first kappa shape index (κ1) is 31.2. The van der Waals surface area contributed by atoms with Crippen molar-refractivity contribution in [2.24, 2.45) is 0 Å². The molecule has 0 unspecified atom stereocenters. The summed E-state index contributed by atoms with van der Waals surface area (Å²) in [5, 5.41) is 7.13. The molecule has 5 heteroatoms. The standard InChI is InChI=1S/C44H33NO4/c1-3-37(46)27-33-11-7-29(8-12-33)5-9-31-15-21-38-34(25-31)17-23-40-43(38)44-39-22-16-32(26-35(39)18-24-41(44)49-28-48-40)10-6-30-13-19-36(20-14-30)45-42(47)4-2/h3-26H,1-2,27-28H2,(H,45,47)/b9-5-,10-6-. The van der Waals surface area contributed by atoms with Crippen LogP contribution in [0.5, 0.6) is 11.5 Å². The molecule has 0 aliphatic carbocycles. The van der Waals surface area contributed by atoms with E-state index in [4.69, 9.17) is 9.47 Å². The van der Waals surface area contributed by atoms with Gasteiger partial charge in [0.2, 0.25) is 12.7 Å². The van der Waals surface area contributed by atoms with E-state index in [2.05, 4.69) is 91.3 Å². The molecule has 0 saturated heterocycles. The van der Waals surface area contributed by atoms with Gasteiger partial charge in [-0.15, -0.1) is 0 Å². The van der Waals surface area contributed by atoms with Crippen molar-refractivity contribution in [2.75, 3.05) is 12.1 Å². The van der Waals surface area contributed by atoms with Crippen molar-refractivity contribution in [1.82, 2.24) is 0 Å². The number of nitrogens with one attached hydrogen (secondary N) is 1. The van der Waals surface area contributed by atoms with Gasteiger partial charge in [-0.25, -0.2) is 0 Å². The molecule has 6 aromatic carbocycles. The highest BCUT2D eigenvalue weighted by molar-refractivity contribution is 6.10. The molecule has 1 amide bonds. The number of allylic oxidation sites excluding steroid dienone is 1. The quantitative estimate of drug-likeness (QED) is 0.126. The number of amides is 1. The van der Waals surface area contributed by atoms with Crippen LogP contribution < -0.4 is 14.8 Å². The van der Waals surface area contributed by atoms with E-state index in [0.29, 0.717) is 6.42 Å². The van der Waals surface area contributed by atoms with E-state index < -0.39 is 0 Å². The smallest absolute Gasteiger partial charge is 0.247 e. The van der Waals surface area contributed by atoms with Crippen LogP contribution in [-0.4, -0.2) is 18.5 Å². The number of carbonyl (C=O) groups excluding carboxylic acids is 2. The number of rotatable bonds is 9. The largest absolute Gasteiger partial charge is 0.457 e. The molecule has 0 spiro atoms. The lowest BCUT2D eigenvalue weighted by atomic mass is 9.91. The van der Waals surface area contributed by atoms with Crippen molar-refractivity contribution in [3.05, 3.63) is 162 Å². The Hall–Kier alpha value is -6.46. The summed E-state index contributed by atoms with van der Waals surface area (Å²) in [7, 11) is 0. The van der Waals surface area contributed by atoms with Gasteiger partial charge < -0.3 is 14.8 Å². The Labute approximate surface area is 285 Å². The molecule has 0 bridgehead atoms. The molecular weight excluding hydrogens is 606 g/mol. The number of ketones is 1. The van der Waals surface area contributed by atoms with Gasteiger partial charge in [-0.2, -0.15) is 0 Å². The maximum atomic E-state index is 11.7. The van der Waals surface area contributed by atoms with Crippen molar-refractivity contribution in [2.45, 2.75) is 6.42 Å². The molecular formula is C44H33NO4. The van der Waals surface area contributed by atoms with E-state index in [-0.39, 0.29) is 18.5 Å². The fourth-order valence-electron chi connectivity index (χ4n) is 6.05. The molecule has 0 atom stereocenters. The monoisotopic (exact) mass is 639 g/mol. The summed E-state index contributed by atoms with van der Waals surface area (Å²) < 4.78 is 12.2. The Morgan fingerprint density at radius 1 is 0.592 bits per heavy atom. The van der Waals surface area contributed by atoms with Crippen molar-refractivity contribution < 1.29 is 19.1 Å². The molecule has 1 heterocycles. The van der Waals surface area contributed by atoms with Gasteiger partial charge >= 0.3 is 0 Å². The number of ether oxygens (including phenoxy) is 2. The molecule has 238 valence electrons. The van der Waals surface area contributed by atoms with Crippen LogP contribution in [0.15, 0.2) is 135 Å². The zero-order chi connectivity index (χ0) is 33.7. The number of anilines is 1. The molecule has 1 aliphatic rings. The minimum absolute atomic E-state index is 0.0135. The summed E-state index contributed by atoms with van der Waals surface area (Å²) in [4.78, 5) is 23.3. The van der Waals surface area contributed by atoms with Crippen LogP contribution in [0.1, 0.15) is 27.8 Å². The van der Waals surface area contributed by atoms with Crippen LogP contribution in [-0.2, 0) is 16.0 Å². The number of fused-ring (bicyclic) bond motifs is 7. The van der Waals surface area contributed by atoms with Gasteiger partial charge in [0.05, 0.1) is 0 Å². The number of hydrogen-bond acceptors (Lipinski definition) is 4. The van der Waals surface area contributed by atoms with Crippen LogP contribution in [0.4, 0.5) is 5.69 Å². The van der Waals surface area contributed by atoms with Gasteiger partial charge in [0.1, 0.15) is 11.5 Å². The summed E-state index contributed by atoms with van der Waals surface area (Å²) in [5.41, 5.74) is 7.95. The second kappa shape index (κ2) is 13.7. The van der Waals surface area contributed by atoms with E-state index >= 15 is 0 Å². The second-order valence-corrected chi connectivity index (χ2v) is 11.8. The molecule has 1 aliphatic heterocycles. The Kier molecular flexibility index (Phi) is 8.72. The number of carbonyl (C=O) groups is 2. The van der Waals surface area contributed by atoms with E-state index in [0.717, 1.165) is 77.7 Å². The van der Waals surface area contributed by atoms with E-state index in [9.17, 15) is 9.59 Å². The Morgan fingerprint density at radius 2 is 1.08 bits per heavy atom. The molecule has 49 heavy (non-hydrogen) atoms. The highest BCUT2D eigenvalue weighted by atomic mass is 16.7. The van der Waals surface area contributed by atoms with Gasteiger partial charge in [0.15, 0.2) is 5.78 Å². The second-order valence-electron chi connectivity index (χ2n) is 11.8. The third kappa shape index (κ3) is 6.83. The van der Waals surface area contributed by atoms with Crippen LogP contribution in [0.3, 0.4) is 0 Å². The first-order chi connectivity index (χ1) is 24.0. The Bertz CT molecular complexity index is 2150. The molecule has 5 nitrogen and oxygen atoms in total. The van der Waals surface area contributed by atoms with Gasteiger partial charge in [-0.3, -0.25) is 9.59 Å². The molecule has 7 rings (SSSR count). The van der Waals surface area contributed by atoms with Gasteiger partial charge in [0, 0.05) is 23.2 Å². The molecule has 0 fully saturated rings. The van der Waals surface area contributed by atoms with Crippen molar-refractivity contribution in [3.63, 3.8) is 0 Å². The van der Waals surface area contributed by atoms with Crippen LogP contribution in [0, 0.1) is 0 Å². The van der Waals surface area contributed by atoms with E-state index in [1.165, 1.54) is 12.2 Å². The lowest BCUT2D eigenvalue weighted by Gasteiger charge is -2.14. The first-order valence-electron chi connectivity index (χ1n) is 16.0. The third-order valence-corrected chi connectivity index (χ3v) is 8.58. The lowest BCUT2D eigenvalue weighted by molar-refractivity contribution is -0.114. The predicted octanol–water partition coefficient (Wildman–Crippen LogP) is 10.2. The molecule has 0 saturated carbocycles. The Morgan fingerprint density at radius 3 is 1.59 bits per heavy atom. The van der Waals surface area contributed by atoms with Crippen LogP contribution in [0.25, 0.3) is 57.0 Å². The van der Waals surface area contributed by atoms with E-state index in [1.807, 2.05) is 60.7 Å². The average Bonchev–Trinajstić information content (AvgIpc) is 3.33. The Balaban J connectivity index is 1.18. The van der Waals surface area contributed by atoms with E-state index in [1.54, 1.807) is 0 Å². The predicted molar refractivity (Wildman–Crippen MR) is 201 cm³/mol. The fourth-order valence-corrected chi connectivity index (χ4v) is 6.05. The molecule has 1 N–H and O–H groups in total. The van der Waals surface area contributed by atoms with Crippen molar-refractivity contribution in [3.8, 4) is 22.6 Å². The molecule has 0 radical (unpaired) electrons. The van der Waals surface area contributed by atoms with Crippen molar-refractivity contribution in [1.29, 1.82) is 0 Å². The summed E-state index contributed by atoms with van der Waals surface area (Å²) in [6.45, 7) is 7.18. The molecule has 6 aromatic rings. The van der Waals surface area contributed by atoms with Gasteiger partial charge in [0.25, 0.3) is 0 Å². The lowest BCUT2D eigenvalue weighted by Crippen LogP contribution is -2.06. The normalized spacial score (nSPS) is 12.2. The van der Waals surface area contributed by atoms with Gasteiger partial charge in [-0.1, -0.05) is 110 Å². The number of hydrogen-bond donors (Lipinski definition) is 1. The number of benzene rings is 6. The summed E-state index contributed by atoms with van der Waals surface area (Å²) in [5.74, 6) is 1.35. The zero-order valence-corrected chi connectivity index (χ0v) is 26.8. The average molecular weight is 640 g/mol.